The van der Waals surface area contributed by atoms with Gasteiger partial charge in [-0.3, -0.25) is 14.9 Å². The van der Waals surface area contributed by atoms with Gasteiger partial charge in [-0.25, -0.2) is 9.97 Å². The smallest absolute Gasteiger partial charge is 0.227 e. The molecule has 1 saturated carbocycles. The number of para-hydroxylation sites is 1. The number of nitriles is 1. The van der Waals surface area contributed by atoms with Crippen LogP contribution < -0.4 is 5.32 Å². The fraction of sp³-hybridized carbons (Fsp3) is 0.130. The highest BCUT2D eigenvalue weighted by atomic mass is 16.2. The van der Waals surface area contributed by atoms with E-state index in [0.29, 0.717) is 33.9 Å². The number of imidazole rings is 1. The maximum Gasteiger partial charge on any atom is 0.227 e. The third kappa shape index (κ3) is 3.06. The molecule has 1 aliphatic carbocycles. The molecule has 0 aliphatic heterocycles. The number of carbonyl (C=O) groups excluding carboxylic acids is 1. The minimum Gasteiger partial charge on any atom is -0.337 e. The number of hydrogen-bond donors (Lipinski definition) is 3. The highest BCUT2D eigenvalue weighted by Crippen LogP contribution is 2.32. The number of benzene rings is 1. The van der Waals surface area contributed by atoms with Gasteiger partial charge in [0, 0.05) is 29.4 Å². The predicted molar refractivity (Wildman–Crippen MR) is 118 cm³/mol. The van der Waals surface area contributed by atoms with E-state index in [1.165, 1.54) is 0 Å². The van der Waals surface area contributed by atoms with Crippen LogP contribution in [0.2, 0.25) is 0 Å². The highest BCUT2D eigenvalue weighted by molar-refractivity contribution is 5.96. The number of nitrogens with zero attached hydrogens (tertiary/aromatic N) is 5. The molecule has 9 heteroatoms. The quantitative estimate of drug-likeness (QED) is 0.405. The number of amides is 1. The van der Waals surface area contributed by atoms with Gasteiger partial charge in [0.1, 0.15) is 17.3 Å². The summed E-state index contributed by atoms with van der Waals surface area (Å²) in [5.74, 6) is 0.711. The van der Waals surface area contributed by atoms with Crippen molar-refractivity contribution in [2.24, 2.45) is 5.92 Å². The summed E-state index contributed by atoms with van der Waals surface area (Å²) in [4.78, 5) is 28.7. The number of aromatic nitrogens is 6. The van der Waals surface area contributed by atoms with E-state index in [9.17, 15) is 10.1 Å². The fourth-order valence-electron chi connectivity index (χ4n) is 3.73. The zero-order valence-electron chi connectivity index (χ0n) is 16.8. The number of nitrogens with one attached hydrogen (secondary N) is 3. The average Bonchev–Trinajstić information content (AvgIpc) is 3.45. The maximum atomic E-state index is 12.1. The fourth-order valence-corrected chi connectivity index (χ4v) is 3.73. The van der Waals surface area contributed by atoms with E-state index in [-0.39, 0.29) is 11.8 Å². The predicted octanol–water partition coefficient (Wildman–Crippen LogP) is 3.78. The standard InChI is InChI=1S/C23H16N8O/c24-8-13-2-1-3-18-19(13)29-22(28-18)20-17-7-15(10-26-21(17)31-30-20)14-6-16(11-25-9-14)27-23(32)12-4-5-12/h1-3,6-7,9-12H,4-5H2,(H,27,32)(H,28,29)(H,26,30,31). The van der Waals surface area contributed by atoms with Crippen LogP contribution in [0.25, 0.3) is 44.7 Å². The molecule has 0 atom stereocenters. The Balaban J connectivity index is 1.41. The third-order valence-corrected chi connectivity index (χ3v) is 5.56. The molecule has 32 heavy (non-hydrogen) atoms. The van der Waals surface area contributed by atoms with Crippen LogP contribution in [0.5, 0.6) is 0 Å². The van der Waals surface area contributed by atoms with Crippen molar-refractivity contribution in [1.82, 2.24) is 30.1 Å². The highest BCUT2D eigenvalue weighted by Gasteiger charge is 2.29. The molecule has 1 aliphatic rings. The van der Waals surface area contributed by atoms with Crippen LogP contribution in [-0.2, 0) is 4.79 Å². The molecule has 4 heterocycles. The van der Waals surface area contributed by atoms with Crippen LogP contribution in [0.1, 0.15) is 18.4 Å². The molecule has 154 valence electrons. The molecular formula is C23H16N8O. The van der Waals surface area contributed by atoms with Crippen molar-refractivity contribution in [1.29, 1.82) is 5.26 Å². The number of anilines is 1. The molecule has 9 nitrogen and oxygen atoms in total. The van der Waals surface area contributed by atoms with E-state index >= 15 is 0 Å². The lowest BCUT2D eigenvalue weighted by Gasteiger charge is -2.06. The van der Waals surface area contributed by atoms with Crippen LogP contribution in [0.4, 0.5) is 5.69 Å². The lowest BCUT2D eigenvalue weighted by molar-refractivity contribution is -0.117. The first-order valence-electron chi connectivity index (χ1n) is 10.2. The topological polar surface area (TPSA) is 136 Å². The van der Waals surface area contributed by atoms with E-state index < -0.39 is 0 Å². The van der Waals surface area contributed by atoms with E-state index in [1.54, 1.807) is 24.7 Å². The van der Waals surface area contributed by atoms with Gasteiger partial charge in [0.2, 0.25) is 5.91 Å². The molecule has 4 aromatic heterocycles. The van der Waals surface area contributed by atoms with Gasteiger partial charge in [-0.1, -0.05) is 6.07 Å². The van der Waals surface area contributed by atoms with Gasteiger partial charge < -0.3 is 10.3 Å². The lowest BCUT2D eigenvalue weighted by Crippen LogP contribution is -2.13. The normalized spacial score (nSPS) is 13.3. The van der Waals surface area contributed by atoms with Crippen molar-refractivity contribution < 1.29 is 4.79 Å². The molecule has 3 N–H and O–H groups in total. The zero-order valence-corrected chi connectivity index (χ0v) is 16.8. The van der Waals surface area contributed by atoms with Gasteiger partial charge in [-0.2, -0.15) is 10.4 Å². The summed E-state index contributed by atoms with van der Waals surface area (Å²) < 4.78 is 0. The second kappa shape index (κ2) is 6.99. The Morgan fingerprint density at radius 3 is 2.88 bits per heavy atom. The number of rotatable bonds is 4. The van der Waals surface area contributed by atoms with Crippen LogP contribution >= 0.6 is 0 Å². The van der Waals surface area contributed by atoms with E-state index in [1.807, 2.05) is 24.3 Å². The van der Waals surface area contributed by atoms with E-state index in [0.717, 1.165) is 34.9 Å². The first kappa shape index (κ1) is 18.2. The Morgan fingerprint density at radius 1 is 1.16 bits per heavy atom. The summed E-state index contributed by atoms with van der Waals surface area (Å²) >= 11 is 0. The monoisotopic (exact) mass is 420 g/mol. The largest absolute Gasteiger partial charge is 0.337 e. The summed E-state index contributed by atoms with van der Waals surface area (Å²) in [6, 6.07) is 11.4. The Hall–Kier alpha value is -4.58. The van der Waals surface area contributed by atoms with Gasteiger partial charge in [0.25, 0.3) is 0 Å². The number of aromatic amines is 2. The number of carbonyl (C=O) groups is 1. The van der Waals surface area contributed by atoms with Crippen LogP contribution in [0, 0.1) is 17.2 Å². The van der Waals surface area contributed by atoms with Crippen LogP contribution in [0.15, 0.2) is 48.9 Å². The Labute approximate surface area is 181 Å². The summed E-state index contributed by atoms with van der Waals surface area (Å²) in [5.41, 5.74) is 5.43. The molecule has 1 amide bonds. The van der Waals surface area contributed by atoms with Crippen LogP contribution in [0.3, 0.4) is 0 Å². The second-order valence-corrected chi connectivity index (χ2v) is 7.82. The Bertz CT molecular complexity index is 1550. The number of pyridine rings is 2. The summed E-state index contributed by atoms with van der Waals surface area (Å²) in [6.07, 6.45) is 7.00. The molecule has 0 saturated heterocycles. The summed E-state index contributed by atoms with van der Waals surface area (Å²) in [6.45, 7) is 0. The van der Waals surface area contributed by atoms with Crippen molar-refractivity contribution in [2.45, 2.75) is 12.8 Å². The van der Waals surface area contributed by atoms with Gasteiger partial charge in [-0.05, 0) is 37.1 Å². The van der Waals surface area contributed by atoms with Crippen molar-refractivity contribution in [3.63, 3.8) is 0 Å². The number of fused-ring (bicyclic) bond motifs is 2. The first-order valence-corrected chi connectivity index (χ1v) is 10.2. The SMILES string of the molecule is N#Cc1cccc2[nH]c(-c3n[nH]c4ncc(-c5cncc(NC(=O)C6CC6)c5)cc34)nc12. The minimum absolute atomic E-state index is 0.0382. The molecule has 0 spiro atoms. The maximum absolute atomic E-state index is 12.1. The molecule has 1 aromatic carbocycles. The summed E-state index contributed by atoms with van der Waals surface area (Å²) in [7, 11) is 0. The number of hydrogen-bond acceptors (Lipinski definition) is 6. The number of H-pyrrole nitrogens is 2. The van der Waals surface area contributed by atoms with Gasteiger partial charge in [0.15, 0.2) is 11.5 Å². The Kier molecular flexibility index (Phi) is 3.98. The Morgan fingerprint density at radius 2 is 2.03 bits per heavy atom. The third-order valence-electron chi connectivity index (χ3n) is 5.56. The van der Waals surface area contributed by atoms with Gasteiger partial charge in [0.05, 0.1) is 28.4 Å². The minimum atomic E-state index is 0.0382. The molecular weight excluding hydrogens is 404 g/mol. The molecule has 5 aromatic rings. The van der Waals surface area contributed by atoms with E-state index in [4.69, 9.17) is 0 Å². The average molecular weight is 420 g/mol. The summed E-state index contributed by atoms with van der Waals surface area (Å²) in [5, 5.41) is 20.4. The molecule has 0 unspecified atom stereocenters. The van der Waals surface area contributed by atoms with Crippen molar-refractivity contribution in [3.8, 4) is 28.7 Å². The van der Waals surface area contributed by atoms with Gasteiger partial charge >= 0.3 is 0 Å². The first-order chi connectivity index (χ1) is 15.7. The molecule has 0 radical (unpaired) electrons. The van der Waals surface area contributed by atoms with Crippen LogP contribution in [-0.4, -0.2) is 36.0 Å². The molecule has 6 rings (SSSR count). The van der Waals surface area contributed by atoms with Crippen molar-refractivity contribution in [2.75, 3.05) is 5.32 Å². The zero-order chi connectivity index (χ0) is 21.7. The van der Waals surface area contributed by atoms with E-state index in [2.05, 4.69) is 41.5 Å². The second-order valence-electron chi connectivity index (χ2n) is 7.82. The van der Waals surface area contributed by atoms with Gasteiger partial charge in [-0.15, -0.1) is 0 Å². The molecule has 0 bridgehead atoms. The van der Waals surface area contributed by atoms with Crippen molar-refractivity contribution in [3.05, 3.63) is 54.5 Å². The van der Waals surface area contributed by atoms with Crippen molar-refractivity contribution >= 4 is 33.7 Å². The molecule has 1 fully saturated rings. The lowest BCUT2D eigenvalue weighted by atomic mass is 10.1.